The van der Waals surface area contributed by atoms with Gasteiger partial charge in [-0.2, -0.15) is 4.98 Å². The molecule has 142 valence electrons. The van der Waals surface area contributed by atoms with Crippen LogP contribution < -0.4 is 14.7 Å². The van der Waals surface area contributed by atoms with E-state index in [9.17, 15) is 4.79 Å². The lowest BCUT2D eigenvalue weighted by atomic mass is 10.2. The maximum Gasteiger partial charge on any atom is 0.227 e. The highest BCUT2D eigenvalue weighted by Gasteiger charge is 2.22. The van der Waals surface area contributed by atoms with E-state index in [4.69, 9.17) is 4.98 Å². The minimum absolute atomic E-state index is 0.139. The number of benzene rings is 1. The predicted octanol–water partition coefficient (Wildman–Crippen LogP) is 1.47. The van der Waals surface area contributed by atoms with Gasteiger partial charge < -0.3 is 19.6 Å². The topological polar surface area (TPSA) is 55.8 Å². The number of carbonyl (C=O) groups is 1. The zero-order valence-electron chi connectivity index (χ0n) is 15.8. The summed E-state index contributed by atoms with van der Waals surface area (Å²) in [5.41, 5.74) is 1.28. The maximum atomic E-state index is 11.5. The Bertz CT molecular complexity index is 767. The fraction of sp³-hybridized carbons (Fsp3) is 0.450. The molecule has 0 spiro atoms. The van der Waals surface area contributed by atoms with Crippen LogP contribution in [0, 0.1) is 0 Å². The van der Waals surface area contributed by atoms with E-state index in [-0.39, 0.29) is 5.91 Å². The molecule has 0 saturated carbocycles. The first-order chi connectivity index (χ1) is 13.2. The Hall–Kier alpha value is -2.83. The summed E-state index contributed by atoms with van der Waals surface area (Å²) in [6.07, 6.45) is 1.85. The lowest BCUT2D eigenvalue weighted by molar-refractivity contribution is -0.129. The van der Waals surface area contributed by atoms with Gasteiger partial charge in [-0.3, -0.25) is 4.79 Å². The molecular weight excluding hydrogens is 340 g/mol. The van der Waals surface area contributed by atoms with Crippen molar-refractivity contribution in [1.29, 1.82) is 0 Å². The Labute approximate surface area is 160 Å². The van der Waals surface area contributed by atoms with Crippen LogP contribution in [0.15, 0.2) is 42.6 Å². The Morgan fingerprint density at radius 3 is 2.11 bits per heavy atom. The lowest BCUT2D eigenvalue weighted by Gasteiger charge is -2.37. The van der Waals surface area contributed by atoms with Gasteiger partial charge in [-0.15, -0.1) is 0 Å². The summed E-state index contributed by atoms with van der Waals surface area (Å²) in [6.45, 7) is 8.53. The smallest absolute Gasteiger partial charge is 0.227 e. The molecule has 27 heavy (non-hydrogen) atoms. The van der Waals surface area contributed by atoms with Gasteiger partial charge in [0.25, 0.3) is 0 Å². The number of nitrogens with zero attached hydrogens (tertiary/aromatic N) is 6. The van der Waals surface area contributed by atoms with Crippen LogP contribution in [0.1, 0.15) is 6.92 Å². The van der Waals surface area contributed by atoms with E-state index in [1.54, 1.807) is 6.92 Å². The van der Waals surface area contributed by atoms with Crippen molar-refractivity contribution in [2.24, 2.45) is 0 Å². The molecule has 3 heterocycles. The standard InChI is InChI=1S/C20H26N6O/c1-17(27)23-9-15-26(16-10-23)20-21-8-7-19(22-20)25-13-11-24(12-14-25)18-5-3-2-4-6-18/h2-8H,9-16H2,1H3. The van der Waals surface area contributed by atoms with Crippen LogP contribution in [0.3, 0.4) is 0 Å². The van der Waals surface area contributed by atoms with Crippen LogP contribution in [0.2, 0.25) is 0 Å². The summed E-state index contributed by atoms with van der Waals surface area (Å²) < 4.78 is 0. The SMILES string of the molecule is CC(=O)N1CCN(c2nccc(N3CCN(c4ccccc4)CC3)n2)CC1. The molecule has 1 amide bonds. The van der Waals surface area contributed by atoms with E-state index < -0.39 is 0 Å². The van der Waals surface area contributed by atoms with Crippen molar-refractivity contribution in [3.8, 4) is 0 Å². The van der Waals surface area contributed by atoms with E-state index in [0.717, 1.165) is 64.1 Å². The molecule has 0 unspecified atom stereocenters. The zero-order chi connectivity index (χ0) is 18.6. The summed E-state index contributed by atoms with van der Waals surface area (Å²) in [5, 5.41) is 0. The summed E-state index contributed by atoms with van der Waals surface area (Å²) in [7, 11) is 0. The van der Waals surface area contributed by atoms with Gasteiger partial charge in [0.05, 0.1) is 0 Å². The number of hydrogen-bond donors (Lipinski definition) is 0. The van der Waals surface area contributed by atoms with Crippen LogP contribution >= 0.6 is 0 Å². The Kier molecular flexibility index (Phi) is 5.09. The fourth-order valence-corrected chi connectivity index (χ4v) is 3.72. The number of hydrogen-bond acceptors (Lipinski definition) is 6. The Balaban J connectivity index is 1.38. The molecule has 1 aromatic carbocycles. The molecule has 4 rings (SSSR count). The van der Waals surface area contributed by atoms with Gasteiger partial charge in [0.1, 0.15) is 5.82 Å². The molecule has 2 aliphatic rings. The van der Waals surface area contributed by atoms with Crippen molar-refractivity contribution in [2.75, 3.05) is 67.1 Å². The second-order valence-corrected chi connectivity index (χ2v) is 7.02. The zero-order valence-corrected chi connectivity index (χ0v) is 15.8. The average Bonchev–Trinajstić information content (AvgIpc) is 2.75. The van der Waals surface area contributed by atoms with Crippen molar-refractivity contribution < 1.29 is 4.79 Å². The molecule has 0 aliphatic carbocycles. The van der Waals surface area contributed by atoms with Crippen molar-refractivity contribution in [3.05, 3.63) is 42.6 Å². The van der Waals surface area contributed by atoms with E-state index in [1.165, 1.54) is 5.69 Å². The minimum Gasteiger partial charge on any atom is -0.368 e. The molecule has 7 heteroatoms. The van der Waals surface area contributed by atoms with Crippen molar-refractivity contribution in [3.63, 3.8) is 0 Å². The molecule has 2 aliphatic heterocycles. The van der Waals surface area contributed by atoms with Gasteiger partial charge in [0.15, 0.2) is 0 Å². The van der Waals surface area contributed by atoms with Crippen molar-refractivity contribution in [1.82, 2.24) is 14.9 Å². The normalized spacial score (nSPS) is 18.0. The third-order valence-corrected chi connectivity index (χ3v) is 5.36. The number of piperazine rings is 2. The second-order valence-electron chi connectivity index (χ2n) is 7.02. The average molecular weight is 366 g/mol. The highest BCUT2D eigenvalue weighted by atomic mass is 16.2. The second kappa shape index (κ2) is 7.82. The summed E-state index contributed by atoms with van der Waals surface area (Å²) in [4.78, 5) is 29.6. The summed E-state index contributed by atoms with van der Waals surface area (Å²) in [5.74, 6) is 1.89. The molecule has 7 nitrogen and oxygen atoms in total. The lowest BCUT2D eigenvalue weighted by Crippen LogP contribution is -2.49. The number of amides is 1. The largest absolute Gasteiger partial charge is 0.368 e. The predicted molar refractivity (Wildman–Crippen MR) is 107 cm³/mol. The number of anilines is 3. The fourth-order valence-electron chi connectivity index (χ4n) is 3.72. The van der Waals surface area contributed by atoms with Gasteiger partial charge >= 0.3 is 0 Å². The number of rotatable bonds is 3. The molecule has 0 bridgehead atoms. The number of carbonyl (C=O) groups excluding carboxylic acids is 1. The monoisotopic (exact) mass is 366 g/mol. The van der Waals surface area contributed by atoms with Gasteiger partial charge in [-0.05, 0) is 18.2 Å². The number of aromatic nitrogens is 2. The number of para-hydroxylation sites is 1. The third-order valence-electron chi connectivity index (χ3n) is 5.36. The van der Waals surface area contributed by atoms with E-state index in [0.29, 0.717) is 0 Å². The highest BCUT2D eigenvalue weighted by molar-refractivity contribution is 5.73. The molecule has 2 fully saturated rings. The van der Waals surface area contributed by atoms with Crippen LogP contribution in [-0.2, 0) is 4.79 Å². The van der Waals surface area contributed by atoms with Crippen LogP contribution in [0.5, 0.6) is 0 Å². The van der Waals surface area contributed by atoms with E-state index >= 15 is 0 Å². The van der Waals surface area contributed by atoms with Gasteiger partial charge in [0.2, 0.25) is 11.9 Å². The van der Waals surface area contributed by atoms with Crippen LogP contribution in [0.4, 0.5) is 17.5 Å². The van der Waals surface area contributed by atoms with Crippen LogP contribution in [-0.4, -0.2) is 73.1 Å². The maximum absolute atomic E-state index is 11.5. The Morgan fingerprint density at radius 1 is 0.815 bits per heavy atom. The first-order valence-corrected chi connectivity index (χ1v) is 9.59. The van der Waals surface area contributed by atoms with E-state index in [1.807, 2.05) is 17.2 Å². The quantitative estimate of drug-likeness (QED) is 0.820. The molecule has 2 aromatic rings. The first kappa shape index (κ1) is 17.6. The molecule has 0 N–H and O–H groups in total. The highest BCUT2D eigenvalue weighted by Crippen LogP contribution is 2.20. The first-order valence-electron chi connectivity index (χ1n) is 9.59. The molecule has 1 aromatic heterocycles. The third kappa shape index (κ3) is 3.97. The van der Waals surface area contributed by atoms with Crippen molar-refractivity contribution >= 4 is 23.4 Å². The van der Waals surface area contributed by atoms with Crippen molar-refractivity contribution in [2.45, 2.75) is 6.92 Å². The van der Waals surface area contributed by atoms with Crippen LogP contribution in [0.25, 0.3) is 0 Å². The van der Waals surface area contributed by atoms with Gasteiger partial charge in [-0.1, -0.05) is 18.2 Å². The molecule has 0 atom stereocenters. The molecular formula is C20H26N6O. The van der Waals surface area contributed by atoms with Gasteiger partial charge in [0, 0.05) is 71.2 Å². The molecule has 0 radical (unpaired) electrons. The minimum atomic E-state index is 0.139. The summed E-state index contributed by atoms with van der Waals surface area (Å²) >= 11 is 0. The van der Waals surface area contributed by atoms with E-state index in [2.05, 4.69) is 50.0 Å². The molecule has 2 saturated heterocycles. The summed E-state index contributed by atoms with van der Waals surface area (Å²) in [6, 6.07) is 12.6. The van der Waals surface area contributed by atoms with Gasteiger partial charge in [-0.25, -0.2) is 4.98 Å². The Morgan fingerprint density at radius 2 is 1.44 bits per heavy atom.